The Hall–Kier alpha value is -3.23. The molecule has 3 aromatic rings. The van der Waals surface area contributed by atoms with Crippen molar-refractivity contribution in [2.75, 3.05) is 33.7 Å². The van der Waals surface area contributed by atoms with E-state index in [0.717, 1.165) is 34.8 Å². The minimum Gasteiger partial charge on any atom is -0.486 e. The minimum atomic E-state index is -0.171. The molecule has 1 atom stereocenters. The van der Waals surface area contributed by atoms with Crippen LogP contribution in [0, 0.1) is 12.8 Å². The number of hydrogen-bond acceptors (Lipinski definition) is 6. The average Bonchev–Trinajstić information content (AvgIpc) is 3.36. The van der Waals surface area contributed by atoms with E-state index in [9.17, 15) is 9.59 Å². The lowest BCUT2D eigenvalue weighted by molar-refractivity contribution is -0.134. The molecule has 202 valence electrons. The van der Waals surface area contributed by atoms with Gasteiger partial charge in [-0.1, -0.05) is 49.7 Å². The topological polar surface area (TPSA) is 74.8 Å². The summed E-state index contributed by atoms with van der Waals surface area (Å²) in [6, 6.07) is 14.5. The third-order valence-corrected chi connectivity index (χ3v) is 7.46. The zero-order valence-corrected chi connectivity index (χ0v) is 23.8. The van der Waals surface area contributed by atoms with Gasteiger partial charge in [-0.15, -0.1) is 11.3 Å². The quantitative estimate of drug-likeness (QED) is 0.403. The Morgan fingerprint density at radius 1 is 1.18 bits per heavy atom. The van der Waals surface area contributed by atoms with Crippen molar-refractivity contribution in [3.63, 3.8) is 0 Å². The predicted molar refractivity (Wildman–Crippen MR) is 152 cm³/mol. The van der Waals surface area contributed by atoms with Crippen molar-refractivity contribution in [2.24, 2.45) is 5.92 Å². The number of aromatic nitrogens is 1. The largest absolute Gasteiger partial charge is 0.486 e. The second-order valence-electron chi connectivity index (χ2n) is 10.6. The number of ether oxygens (including phenoxy) is 1. The fourth-order valence-corrected chi connectivity index (χ4v) is 5.32. The summed E-state index contributed by atoms with van der Waals surface area (Å²) in [4.78, 5) is 34.1. The van der Waals surface area contributed by atoms with Gasteiger partial charge in [0.05, 0.1) is 6.04 Å². The Morgan fingerprint density at radius 3 is 2.66 bits per heavy atom. The fourth-order valence-electron chi connectivity index (χ4n) is 4.64. The predicted octanol–water partition coefficient (Wildman–Crippen LogP) is 4.84. The number of carbonyl (C=O) groups excluding carboxylic acids is 2. The Morgan fingerprint density at radius 2 is 1.95 bits per heavy atom. The van der Waals surface area contributed by atoms with E-state index in [4.69, 9.17) is 4.74 Å². The van der Waals surface area contributed by atoms with E-state index in [1.807, 2.05) is 30.0 Å². The van der Waals surface area contributed by atoms with Gasteiger partial charge in [-0.3, -0.25) is 9.59 Å². The molecule has 8 heteroatoms. The molecular weight excluding hydrogens is 496 g/mol. The Labute approximate surface area is 229 Å². The van der Waals surface area contributed by atoms with Crippen molar-refractivity contribution in [1.29, 1.82) is 0 Å². The number of fused-ring (bicyclic) bond motifs is 1. The number of aryl methyl sites for hydroxylation is 1. The molecule has 2 heterocycles. The molecule has 38 heavy (non-hydrogen) atoms. The van der Waals surface area contributed by atoms with Crippen molar-refractivity contribution in [3.05, 3.63) is 80.8 Å². The van der Waals surface area contributed by atoms with Crippen LogP contribution in [0.3, 0.4) is 0 Å². The number of benzene rings is 2. The summed E-state index contributed by atoms with van der Waals surface area (Å²) in [7, 11) is 3.93. The smallest absolute Gasteiger partial charge is 0.270 e. The lowest BCUT2D eigenvalue weighted by atomic mass is 9.87. The van der Waals surface area contributed by atoms with E-state index in [0.29, 0.717) is 31.1 Å². The fraction of sp³-hybridized carbons (Fsp3) is 0.433. The molecule has 1 N–H and O–H groups in total. The van der Waals surface area contributed by atoms with E-state index >= 15 is 0 Å². The normalized spacial score (nSPS) is 15.0. The van der Waals surface area contributed by atoms with Crippen LogP contribution in [0.5, 0.6) is 5.75 Å². The first-order valence-electron chi connectivity index (χ1n) is 13.2. The summed E-state index contributed by atoms with van der Waals surface area (Å²) in [5, 5.41) is 5.40. The molecular formula is C30H38N4O3S. The van der Waals surface area contributed by atoms with Gasteiger partial charge < -0.3 is 19.9 Å². The molecule has 0 fully saturated rings. The number of rotatable bonds is 10. The highest BCUT2D eigenvalue weighted by Crippen LogP contribution is 2.38. The van der Waals surface area contributed by atoms with Gasteiger partial charge in [0.25, 0.3) is 5.91 Å². The monoisotopic (exact) mass is 534 g/mol. The highest BCUT2D eigenvalue weighted by atomic mass is 32.1. The molecule has 1 unspecified atom stereocenters. The molecule has 1 aliphatic rings. The molecule has 1 aromatic heterocycles. The number of likely N-dealkylation sites (N-methyl/N-ethyl adjacent to an activating group) is 1. The van der Waals surface area contributed by atoms with Gasteiger partial charge in [0.15, 0.2) is 0 Å². The van der Waals surface area contributed by atoms with Crippen molar-refractivity contribution < 1.29 is 14.3 Å². The standard InChI is InChI=1S/C30H38N4O3S/c1-20(2)16-28(35)34-14-12-22-10-11-24(17-25(22)29(34)23-8-6-21(3)7-9-23)37-18-27-32-26(19-38-27)30(36)31-13-15-33(4)5/h6-11,17,19-20,29H,12-16,18H2,1-5H3,(H,31,36). The molecule has 0 saturated heterocycles. The molecule has 0 saturated carbocycles. The molecule has 4 rings (SSSR count). The van der Waals surface area contributed by atoms with Crippen molar-refractivity contribution in [1.82, 2.24) is 20.1 Å². The maximum atomic E-state index is 13.3. The first kappa shape index (κ1) is 27.8. The average molecular weight is 535 g/mol. The highest BCUT2D eigenvalue weighted by Gasteiger charge is 2.32. The van der Waals surface area contributed by atoms with E-state index in [1.165, 1.54) is 22.5 Å². The van der Waals surface area contributed by atoms with Gasteiger partial charge >= 0.3 is 0 Å². The van der Waals surface area contributed by atoms with Gasteiger partial charge in [-0.25, -0.2) is 4.98 Å². The third-order valence-electron chi connectivity index (χ3n) is 6.63. The molecule has 0 radical (unpaired) electrons. The van der Waals surface area contributed by atoms with Crippen LogP contribution in [0.15, 0.2) is 47.8 Å². The molecule has 1 aliphatic heterocycles. The van der Waals surface area contributed by atoms with Gasteiger partial charge in [-0.2, -0.15) is 0 Å². The first-order chi connectivity index (χ1) is 18.2. The number of thiazole rings is 1. The lowest BCUT2D eigenvalue weighted by Crippen LogP contribution is -2.41. The lowest BCUT2D eigenvalue weighted by Gasteiger charge is -2.38. The number of hydrogen-bond donors (Lipinski definition) is 1. The summed E-state index contributed by atoms with van der Waals surface area (Å²) < 4.78 is 6.13. The summed E-state index contributed by atoms with van der Waals surface area (Å²) >= 11 is 1.41. The first-order valence-corrected chi connectivity index (χ1v) is 14.1. The highest BCUT2D eigenvalue weighted by molar-refractivity contribution is 7.09. The number of carbonyl (C=O) groups is 2. The van der Waals surface area contributed by atoms with Gasteiger partial charge in [-0.05, 0) is 62.2 Å². The number of nitrogens with one attached hydrogen (secondary N) is 1. The van der Waals surface area contributed by atoms with Crippen LogP contribution < -0.4 is 10.1 Å². The molecule has 7 nitrogen and oxygen atoms in total. The molecule has 0 aliphatic carbocycles. The van der Waals surface area contributed by atoms with Crippen molar-refractivity contribution in [2.45, 2.75) is 46.3 Å². The van der Waals surface area contributed by atoms with Gasteiger partial charge in [0.2, 0.25) is 5.91 Å². The zero-order chi connectivity index (χ0) is 27.2. The van der Waals surface area contributed by atoms with E-state index < -0.39 is 0 Å². The van der Waals surface area contributed by atoms with Crippen LogP contribution in [-0.2, 0) is 17.8 Å². The molecule has 2 amide bonds. The van der Waals surface area contributed by atoms with Crippen LogP contribution in [0.2, 0.25) is 0 Å². The third kappa shape index (κ3) is 6.99. The van der Waals surface area contributed by atoms with Gasteiger partial charge in [0, 0.05) is 31.4 Å². The number of amides is 2. The van der Waals surface area contributed by atoms with E-state index in [2.05, 4.69) is 67.5 Å². The Kier molecular flexibility index (Phi) is 9.17. The molecule has 0 spiro atoms. The second-order valence-corrected chi connectivity index (χ2v) is 11.5. The van der Waals surface area contributed by atoms with Crippen LogP contribution in [0.1, 0.15) is 64.1 Å². The molecule has 0 bridgehead atoms. The van der Waals surface area contributed by atoms with Gasteiger partial charge in [0.1, 0.15) is 23.1 Å². The Balaban J connectivity index is 1.51. The molecule has 2 aromatic carbocycles. The summed E-state index contributed by atoms with van der Waals surface area (Å²) in [5.74, 6) is 1.04. The van der Waals surface area contributed by atoms with E-state index in [1.54, 1.807) is 5.38 Å². The van der Waals surface area contributed by atoms with Crippen LogP contribution in [0.4, 0.5) is 0 Å². The maximum Gasteiger partial charge on any atom is 0.270 e. The zero-order valence-electron chi connectivity index (χ0n) is 23.0. The Bertz CT molecular complexity index is 1250. The summed E-state index contributed by atoms with van der Waals surface area (Å²) in [6.45, 7) is 8.57. The van der Waals surface area contributed by atoms with Crippen molar-refractivity contribution in [3.8, 4) is 5.75 Å². The summed E-state index contributed by atoms with van der Waals surface area (Å²) in [5.41, 5.74) is 5.06. The maximum absolute atomic E-state index is 13.3. The van der Waals surface area contributed by atoms with Crippen molar-refractivity contribution >= 4 is 23.2 Å². The SMILES string of the molecule is Cc1ccc(C2c3cc(OCc4nc(C(=O)NCCN(C)C)cs4)ccc3CCN2C(=O)CC(C)C)cc1. The summed E-state index contributed by atoms with van der Waals surface area (Å²) in [6.07, 6.45) is 1.35. The van der Waals surface area contributed by atoms with Crippen LogP contribution in [-0.4, -0.2) is 60.3 Å². The number of nitrogens with zero attached hydrogens (tertiary/aromatic N) is 3. The minimum absolute atomic E-state index is 0.147. The van der Waals surface area contributed by atoms with Crippen LogP contribution in [0.25, 0.3) is 0 Å². The van der Waals surface area contributed by atoms with Crippen LogP contribution >= 0.6 is 11.3 Å². The van der Waals surface area contributed by atoms with E-state index in [-0.39, 0.29) is 24.5 Å². The second kappa shape index (κ2) is 12.5.